The van der Waals surface area contributed by atoms with Gasteiger partial charge in [0.25, 0.3) is 5.91 Å². The van der Waals surface area contributed by atoms with E-state index in [2.05, 4.69) is 0 Å². The Morgan fingerprint density at radius 1 is 0.952 bits per heavy atom. The third kappa shape index (κ3) is 1.80. The molecule has 0 aromatic heterocycles. The second-order valence-electron chi connectivity index (χ2n) is 8.48. The Balaban J connectivity index is 1.43. The lowest BCUT2D eigenvalue weighted by molar-refractivity contribution is -0.138. The predicted molar refractivity (Wildman–Crippen MR) is 77.4 cm³/mol. The van der Waals surface area contributed by atoms with Gasteiger partial charge in [-0.05, 0) is 75.0 Å². The second kappa shape index (κ2) is 4.02. The van der Waals surface area contributed by atoms with Crippen molar-refractivity contribution in [3.63, 3.8) is 0 Å². The van der Waals surface area contributed by atoms with Crippen LogP contribution in [0.3, 0.4) is 0 Å². The number of rotatable bonds is 3. The Hall–Kier alpha value is -1.06. The molecule has 1 heterocycles. The minimum atomic E-state index is -0.0960. The van der Waals surface area contributed by atoms with E-state index in [0.29, 0.717) is 12.5 Å². The lowest BCUT2D eigenvalue weighted by Crippen LogP contribution is -2.61. The molecule has 5 aliphatic carbocycles. The van der Waals surface area contributed by atoms with Crippen LogP contribution in [-0.2, 0) is 4.79 Å². The maximum Gasteiger partial charge on any atom is 0.327 e. The summed E-state index contributed by atoms with van der Waals surface area (Å²) < 4.78 is 0. The fourth-order valence-corrected chi connectivity index (χ4v) is 6.11. The number of nitrogens with zero attached hydrogens (tertiary/aromatic N) is 2. The molecule has 1 saturated heterocycles. The van der Waals surface area contributed by atoms with Gasteiger partial charge in [-0.3, -0.25) is 9.69 Å². The normalized spacial score (nSPS) is 45.0. The van der Waals surface area contributed by atoms with Crippen molar-refractivity contribution in [1.29, 1.82) is 0 Å². The predicted octanol–water partition coefficient (Wildman–Crippen LogP) is 2.63. The van der Waals surface area contributed by atoms with E-state index in [1.165, 1.54) is 32.1 Å². The van der Waals surface area contributed by atoms with Gasteiger partial charge in [-0.2, -0.15) is 0 Å². The molecule has 3 amide bonds. The lowest BCUT2D eigenvalue weighted by Gasteiger charge is -2.58. The molecule has 0 N–H and O–H groups in total. The van der Waals surface area contributed by atoms with Gasteiger partial charge in [0, 0.05) is 6.54 Å². The van der Waals surface area contributed by atoms with Crippen LogP contribution in [0.2, 0.25) is 0 Å². The molecular formula is C17H24N2O2. The number of hydrogen-bond acceptors (Lipinski definition) is 2. The van der Waals surface area contributed by atoms with Crippen molar-refractivity contribution in [3.8, 4) is 0 Å². The first-order valence-electron chi connectivity index (χ1n) is 8.75. The summed E-state index contributed by atoms with van der Waals surface area (Å²) in [5.74, 6) is 3.07. The van der Waals surface area contributed by atoms with Crippen molar-refractivity contribution in [2.75, 3.05) is 13.1 Å². The molecule has 5 saturated carbocycles. The van der Waals surface area contributed by atoms with Crippen LogP contribution in [0.25, 0.3) is 0 Å². The summed E-state index contributed by atoms with van der Waals surface area (Å²) in [5.41, 5.74) is -0.0960. The van der Waals surface area contributed by atoms with Crippen molar-refractivity contribution >= 4 is 11.9 Å². The topological polar surface area (TPSA) is 40.6 Å². The fraction of sp³-hybridized carbons (Fsp3) is 0.882. The van der Waals surface area contributed by atoms with E-state index in [-0.39, 0.29) is 17.5 Å². The highest BCUT2D eigenvalue weighted by Crippen LogP contribution is 2.58. The van der Waals surface area contributed by atoms with Crippen LogP contribution in [0.1, 0.15) is 51.4 Å². The summed E-state index contributed by atoms with van der Waals surface area (Å²) in [5, 5.41) is 0. The molecule has 0 aromatic carbocycles. The van der Waals surface area contributed by atoms with Crippen LogP contribution in [0, 0.1) is 23.7 Å². The molecule has 0 unspecified atom stereocenters. The third-order valence-corrected chi connectivity index (χ3v) is 6.69. The quantitative estimate of drug-likeness (QED) is 0.749. The molecule has 0 spiro atoms. The first kappa shape index (κ1) is 12.5. The van der Waals surface area contributed by atoms with E-state index in [1.54, 1.807) is 4.90 Å². The SMILES string of the molecule is O=C1CN(CC2CC2)C(=O)N1C12CC3CC(CC(C3)C1)C2. The monoisotopic (exact) mass is 288 g/mol. The molecule has 1 aliphatic heterocycles. The zero-order chi connectivity index (χ0) is 14.2. The van der Waals surface area contributed by atoms with E-state index in [1.807, 2.05) is 4.90 Å². The molecule has 4 bridgehead atoms. The molecule has 4 nitrogen and oxygen atoms in total. The Morgan fingerprint density at radius 2 is 1.52 bits per heavy atom. The van der Waals surface area contributed by atoms with Crippen LogP contribution in [0.15, 0.2) is 0 Å². The van der Waals surface area contributed by atoms with Crippen LogP contribution >= 0.6 is 0 Å². The Kier molecular flexibility index (Phi) is 2.39. The van der Waals surface area contributed by atoms with Gasteiger partial charge in [0.15, 0.2) is 0 Å². The molecule has 21 heavy (non-hydrogen) atoms. The van der Waals surface area contributed by atoms with Gasteiger partial charge >= 0.3 is 6.03 Å². The van der Waals surface area contributed by atoms with Crippen LogP contribution < -0.4 is 0 Å². The van der Waals surface area contributed by atoms with Crippen LogP contribution in [0.5, 0.6) is 0 Å². The first-order valence-corrected chi connectivity index (χ1v) is 8.75. The molecule has 0 aromatic rings. The van der Waals surface area contributed by atoms with Gasteiger partial charge in [-0.1, -0.05) is 0 Å². The highest BCUT2D eigenvalue weighted by Gasteiger charge is 2.58. The van der Waals surface area contributed by atoms with E-state index in [0.717, 1.165) is 43.6 Å². The number of hydrogen-bond donors (Lipinski definition) is 0. The minimum Gasteiger partial charge on any atom is -0.315 e. The highest BCUT2D eigenvalue weighted by atomic mass is 16.2. The Labute approximate surface area is 125 Å². The third-order valence-electron chi connectivity index (χ3n) is 6.69. The molecule has 4 heteroatoms. The fourth-order valence-electron chi connectivity index (χ4n) is 6.11. The highest BCUT2D eigenvalue weighted by molar-refractivity contribution is 6.03. The van der Waals surface area contributed by atoms with Gasteiger partial charge in [-0.25, -0.2) is 4.79 Å². The number of carbonyl (C=O) groups is 2. The number of imide groups is 1. The Morgan fingerprint density at radius 3 is 2.05 bits per heavy atom. The van der Waals surface area contributed by atoms with Gasteiger partial charge in [0.2, 0.25) is 0 Å². The maximum atomic E-state index is 12.8. The summed E-state index contributed by atoms with van der Waals surface area (Å²) in [4.78, 5) is 29.0. The average molecular weight is 288 g/mol. The molecular weight excluding hydrogens is 264 g/mol. The summed E-state index contributed by atoms with van der Waals surface area (Å²) >= 11 is 0. The van der Waals surface area contributed by atoms with E-state index in [4.69, 9.17) is 0 Å². The van der Waals surface area contributed by atoms with Gasteiger partial charge in [0.1, 0.15) is 6.54 Å². The van der Waals surface area contributed by atoms with Crippen molar-refractivity contribution in [2.24, 2.45) is 23.7 Å². The minimum absolute atomic E-state index is 0.0360. The smallest absolute Gasteiger partial charge is 0.315 e. The molecule has 6 fully saturated rings. The van der Waals surface area contributed by atoms with Gasteiger partial charge in [0.05, 0.1) is 5.54 Å². The number of urea groups is 1. The van der Waals surface area contributed by atoms with E-state index in [9.17, 15) is 9.59 Å². The maximum absolute atomic E-state index is 12.8. The van der Waals surface area contributed by atoms with E-state index < -0.39 is 0 Å². The summed E-state index contributed by atoms with van der Waals surface area (Å²) in [6.45, 7) is 1.16. The van der Waals surface area contributed by atoms with Crippen LogP contribution in [0.4, 0.5) is 4.79 Å². The summed E-state index contributed by atoms with van der Waals surface area (Å²) in [7, 11) is 0. The van der Waals surface area contributed by atoms with Crippen molar-refractivity contribution in [3.05, 3.63) is 0 Å². The molecule has 0 atom stereocenters. The van der Waals surface area contributed by atoms with E-state index >= 15 is 0 Å². The van der Waals surface area contributed by atoms with Gasteiger partial charge in [-0.15, -0.1) is 0 Å². The van der Waals surface area contributed by atoms with Crippen molar-refractivity contribution in [1.82, 2.24) is 9.80 Å². The van der Waals surface area contributed by atoms with Gasteiger partial charge < -0.3 is 4.90 Å². The lowest BCUT2D eigenvalue weighted by atomic mass is 9.52. The van der Waals surface area contributed by atoms with Crippen molar-refractivity contribution in [2.45, 2.75) is 56.9 Å². The zero-order valence-electron chi connectivity index (χ0n) is 12.6. The first-order chi connectivity index (χ1) is 10.1. The summed E-state index contributed by atoms with van der Waals surface area (Å²) in [6.07, 6.45) is 9.78. The number of amides is 3. The van der Waals surface area contributed by atoms with Crippen LogP contribution in [-0.4, -0.2) is 40.4 Å². The van der Waals surface area contributed by atoms with Crippen molar-refractivity contribution < 1.29 is 9.59 Å². The molecule has 114 valence electrons. The molecule has 6 aliphatic rings. The molecule has 6 rings (SSSR count). The average Bonchev–Trinajstić information content (AvgIpc) is 3.14. The summed E-state index contributed by atoms with van der Waals surface area (Å²) in [6, 6.07) is 0.0360. The largest absolute Gasteiger partial charge is 0.327 e. The number of carbonyl (C=O) groups excluding carboxylic acids is 2. The molecule has 0 radical (unpaired) electrons. The zero-order valence-corrected chi connectivity index (χ0v) is 12.6. The second-order valence-corrected chi connectivity index (χ2v) is 8.48. The standard InChI is InChI=1S/C17H24N2O2/c20-15-10-18(9-11-1-2-11)16(21)19(15)17-6-12-3-13(7-17)5-14(4-12)8-17/h11-14H,1-10H2. The Bertz CT molecular complexity index is 476.